The highest BCUT2D eigenvalue weighted by Gasteiger charge is 2.43. The molecular weight excluding hydrogens is 290 g/mol. The Bertz CT molecular complexity index is 552. The van der Waals surface area contributed by atoms with Crippen molar-refractivity contribution in [3.63, 3.8) is 0 Å². The molecule has 1 aliphatic heterocycles. The molecule has 0 spiro atoms. The third kappa shape index (κ3) is 2.72. The summed E-state index contributed by atoms with van der Waals surface area (Å²) in [5.41, 5.74) is 0.510. The molecule has 0 aromatic carbocycles. The first-order valence-electron chi connectivity index (χ1n) is 7.47. The van der Waals surface area contributed by atoms with E-state index >= 15 is 0 Å². The van der Waals surface area contributed by atoms with Gasteiger partial charge < -0.3 is 15.3 Å². The number of likely N-dealkylation sites (tertiary alicyclic amines) is 1. The topological polar surface area (TPSA) is 65.5 Å². The van der Waals surface area contributed by atoms with Gasteiger partial charge in [0.25, 0.3) is 5.91 Å². The van der Waals surface area contributed by atoms with Gasteiger partial charge in [-0.1, -0.05) is 11.6 Å². The van der Waals surface area contributed by atoms with Crippen LogP contribution in [0.2, 0.25) is 5.02 Å². The lowest BCUT2D eigenvalue weighted by Gasteiger charge is -2.18. The molecule has 0 bridgehead atoms. The Morgan fingerprint density at radius 1 is 1.52 bits per heavy atom. The number of hydrogen-bond donors (Lipinski definition) is 2. The molecule has 0 radical (unpaired) electrons. The van der Waals surface area contributed by atoms with Crippen LogP contribution in [-0.2, 0) is 0 Å². The molecule has 1 aromatic heterocycles. The summed E-state index contributed by atoms with van der Waals surface area (Å²) in [6.07, 6.45) is 3.18. The van der Waals surface area contributed by atoms with Crippen LogP contribution < -0.4 is 5.32 Å². The maximum Gasteiger partial charge on any atom is 0.255 e. The first-order chi connectivity index (χ1) is 10.1. The molecular formula is C15H20ClN3O2. The lowest BCUT2D eigenvalue weighted by Crippen LogP contribution is -2.31. The lowest BCUT2D eigenvalue weighted by atomic mass is 10.00. The van der Waals surface area contributed by atoms with Crippen LogP contribution in [0.25, 0.3) is 0 Å². The monoisotopic (exact) mass is 309 g/mol. The maximum atomic E-state index is 12.5. The summed E-state index contributed by atoms with van der Waals surface area (Å²) in [7, 11) is 0. The number of fused-ring (bicyclic) bond motifs is 1. The summed E-state index contributed by atoms with van der Waals surface area (Å²) in [5.74, 6) is 1.23. The molecule has 2 fully saturated rings. The lowest BCUT2D eigenvalue weighted by molar-refractivity contribution is 0.0752. The minimum Gasteiger partial charge on any atom is -0.393 e. The van der Waals surface area contributed by atoms with Crippen molar-refractivity contribution in [2.24, 2.45) is 11.8 Å². The van der Waals surface area contributed by atoms with Gasteiger partial charge >= 0.3 is 0 Å². The Morgan fingerprint density at radius 3 is 3.00 bits per heavy atom. The van der Waals surface area contributed by atoms with Crippen molar-refractivity contribution in [1.29, 1.82) is 0 Å². The molecule has 1 saturated heterocycles. The summed E-state index contributed by atoms with van der Waals surface area (Å²) in [6.45, 7) is 4.06. The van der Waals surface area contributed by atoms with Crippen LogP contribution in [0, 0.1) is 11.8 Å². The van der Waals surface area contributed by atoms with Crippen molar-refractivity contribution in [1.82, 2.24) is 9.88 Å². The number of halogens is 1. The van der Waals surface area contributed by atoms with Crippen molar-refractivity contribution in [3.8, 4) is 0 Å². The standard InChI is InChI=1S/C15H20ClN3O2/c1-2-17-14-12(16)5-10(6-18-14)15(21)19-7-9-3-4-13(20)11(9)8-19/h5-6,9,11,13,20H,2-4,7-8H2,1H3,(H,17,18). The number of aliphatic hydroxyl groups is 1. The first-order valence-corrected chi connectivity index (χ1v) is 7.84. The Kier molecular flexibility index (Phi) is 4.04. The Balaban J connectivity index is 1.73. The van der Waals surface area contributed by atoms with Gasteiger partial charge in [0.1, 0.15) is 5.82 Å². The molecule has 6 heteroatoms. The van der Waals surface area contributed by atoms with E-state index in [4.69, 9.17) is 11.6 Å². The predicted octanol–water partition coefficient (Wildman–Crippen LogP) is 2.01. The highest BCUT2D eigenvalue weighted by Crippen LogP contribution is 2.38. The van der Waals surface area contributed by atoms with E-state index in [1.54, 1.807) is 12.3 Å². The van der Waals surface area contributed by atoms with Gasteiger partial charge in [0, 0.05) is 31.7 Å². The fraction of sp³-hybridized carbons (Fsp3) is 0.600. The summed E-state index contributed by atoms with van der Waals surface area (Å²) in [6, 6.07) is 1.67. The minimum absolute atomic E-state index is 0.0472. The fourth-order valence-corrected chi connectivity index (χ4v) is 3.67. The van der Waals surface area contributed by atoms with Gasteiger partial charge in [0.15, 0.2) is 0 Å². The second-order valence-corrected chi connectivity index (χ2v) is 6.27. The number of rotatable bonds is 3. The van der Waals surface area contributed by atoms with E-state index in [2.05, 4.69) is 10.3 Å². The Morgan fingerprint density at radius 2 is 2.33 bits per heavy atom. The summed E-state index contributed by atoms with van der Waals surface area (Å²) >= 11 is 6.14. The largest absolute Gasteiger partial charge is 0.393 e. The van der Waals surface area contributed by atoms with Gasteiger partial charge in [0.05, 0.1) is 16.7 Å². The molecule has 2 N–H and O–H groups in total. The van der Waals surface area contributed by atoms with E-state index in [0.29, 0.717) is 28.9 Å². The Hall–Kier alpha value is -1.33. The van der Waals surface area contributed by atoms with Crippen LogP contribution in [0.5, 0.6) is 0 Å². The SMILES string of the molecule is CCNc1ncc(C(=O)N2CC3CCC(O)C3C2)cc1Cl. The number of hydrogen-bond acceptors (Lipinski definition) is 4. The van der Waals surface area contributed by atoms with E-state index in [9.17, 15) is 9.90 Å². The number of amides is 1. The molecule has 1 amide bonds. The van der Waals surface area contributed by atoms with Crippen molar-refractivity contribution >= 4 is 23.3 Å². The van der Waals surface area contributed by atoms with Crippen molar-refractivity contribution in [3.05, 3.63) is 22.8 Å². The number of pyridine rings is 1. The van der Waals surface area contributed by atoms with Crippen molar-refractivity contribution < 1.29 is 9.90 Å². The smallest absolute Gasteiger partial charge is 0.255 e. The molecule has 3 atom stereocenters. The molecule has 1 aromatic rings. The van der Waals surface area contributed by atoms with Crippen LogP contribution in [0.1, 0.15) is 30.1 Å². The molecule has 5 nitrogen and oxygen atoms in total. The number of nitrogens with zero attached hydrogens (tertiary/aromatic N) is 2. The third-order valence-corrected chi connectivity index (χ3v) is 4.83. The molecule has 114 valence electrons. The number of aliphatic hydroxyl groups excluding tert-OH is 1. The Labute approximate surface area is 129 Å². The number of nitrogens with one attached hydrogen (secondary N) is 1. The van der Waals surface area contributed by atoms with Crippen LogP contribution in [0.15, 0.2) is 12.3 Å². The van der Waals surface area contributed by atoms with Gasteiger partial charge in [-0.2, -0.15) is 0 Å². The predicted molar refractivity (Wildman–Crippen MR) is 81.5 cm³/mol. The van der Waals surface area contributed by atoms with E-state index in [1.807, 2.05) is 11.8 Å². The third-order valence-electron chi connectivity index (χ3n) is 4.54. The van der Waals surface area contributed by atoms with Crippen LogP contribution in [0.3, 0.4) is 0 Å². The van der Waals surface area contributed by atoms with Gasteiger partial charge in [0.2, 0.25) is 0 Å². The number of carbonyl (C=O) groups is 1. The van der Waals surface area contributed by atoms with Gasteiger partial charge in [-0.15, -0.1) is 0 Å². The quantitative estimate of drug-likeness (QED) is 0.896. The average Bonchev–Trinajstić information content (AvgIpc) is 3.03. The second kappa shape index (κ2) is 5.81. The van der Waals surface area contributed by atoms with Crippen molar-refractivity contribution in [2.75, 3.05) is 25.0 Å². The first kappa shape index (κ1) is 14.6. The van der Waals surface area contributed by atoms with Crippen LogP contribution in [0.4, 0.5) is 5.82 Å². The molecule has 3 rings (SSSR count). The fourth-order valence-electron chi connectivity index (χ4n) is 3.44. The summed E-state index contributed by atoms with van der Waals surface area (Å²) in [5, 5.41) is 13.4. The highest BCUT2D eigenvalue weighted by molar-refractivity contribution is 6.33. The number of anilines is 1. The molecule has 21 heavy (non-hydrogen) atoms. The number of aromatic nitrogens is 1. The van der Waals surface area contributed by atoms with Gasteiger partial charge in [-0.3, -0.25) is 4.79 Å². The zero-order chi connectivity index (χ0) is 15.0. The number of carbonyl (C=O) groups excluding carboxylic acids is 1. The van der Waals surface area contributed by atoms with E-state index in [-0.39, 0.29) is 17.9 Å². The normalized spacial score (nSPS) is 27.8. The zero-order valence-corrected chi connectivity index (χ0v) is 12.8. The van der Waals surface area contributed by atoms with Crippen molar-refractivity contribution in [2.45, 2.75) is 25.9 Å². The maximum absolute atomic E-state index is 12.5. The van der Waals surface area contributed by atoms with Gasteiger partial charge in [-0.25, -0.2) is 4.98 Å². The molecule has 1 aliphatic carbocycles. The highest BCUT2D eigenvalue weighted by atomic mass is 35.5. The van der Waals surface area contributed by atoms with Crippen LogP contribution in [-0.4, -0.2) is 46.6 Å². The summed E-state index contributed by atoms with van der Waals surface area (Å²) < 4.78 is 0. The molecule has 3 unspecified atom stereocenters. The van der Waals surface area contributed by atoms with E-state index < -0.39 is 0 Å². The summed E-state index contributed by atoms with van der Waals surface area (Å²) in [4.78, 5) is 18.6. The average molecular weight is 310 g/mol. The van der Waals surface area contributed by atoms with E-state index in [1.165, 1.54) is 0 Å². The van der Waals surface area contributed by atoms with Gasteiger partial charge in [-0.05, 0) is 31.7 Å². The molecule has 2 aliphatic rings. The van der Waals surface area contributed by atoms with Crippen LogP contribution >= 0.6 is 11.6 Å². The zero-order valence-electron chi connectivity index (χ0n) is 12.1. The molecule has 1 saturated carbocycles. The molecule has 2 heterocycles. The second-order valence-electron chi connectivity index (χ2n) is 5.86. The van der Waals surface area contributed by atoms with E-state index in [0.717, 1.165) is 25.9 Å². The minimum atomic E-state index is -0.259.